The number of hydrazine groups is 1. The molecule has 0 unspecified atom stereocenters. The molecule has 2 rings (SSSR count). The predicted molar refractivity (Wildman–Crippen MR) is 82.2 cm³/mol. The molecule has 0 amide bonds. The summed E-state index contributed by atoms with van der Waals surface area (Å²) in [6.45, 7) is 9.25. The number of nitrogens with zero attached hydrogens (tertiary/aromatic N) is 3. The fourth-order valence-corrected chi connectivity index (χ4v) is 1.99. The molecule has 0 bridgehead atoms. The van der Waals surface area contributed by atoms with Gasteiger partial charge in [-0.3, -0.25) is 0 Å². The monoisotopic (exact) mass is 295 g/mol. The van der Waals surface area contributed by atoms with E-state index in [-0.39, 0.29) is 0 Å². The van der Waals surface area contributed by atoms with Gasteiger partial charge in [-0.2, -0.15) is 0 Å². The second-order valence-electron chi connectivity index (χ2n) is 4.83. The topological polar surface area (TPSA) is 71.5 Å². The highest BCUT2D eigenvalue weighted by atomic mass is 16.5. The fourth-order valence-electron chi connectivity index (χ4n) is 1.99. The number of nitrogens with one attached hydrogen (secondary N) is 2. The number of anilines is 2. The molecular weight excluding hydrogens is 270 g/mol. The second kappa shape index (κ2) is 8.76. The van der Waals surface area contributed by atoms with Crippen LogP contribution in [0.25, 0.3) is 0 Å². The van der Waals surface area contributed by atoms with Crippen molar-refractivity contribution in [3.05, 3.63) is 11.9 Å². The highest BCUT2D eigenvalue weighted by molar-refractivity contribution is 5.47. The van der Waals surface area contributed by atoms with Crippen LogP contribution < -0.4 is 10.7 Å². The molecule has 21 heavy (non-hydrogen) atoms. The first-order valence-corrected chi connectivity index (χ1v) is 7.60. The molecule has 0 aromatic carbocycles. The summed E-state index contributed by atoms with van der Waals surface area (Å²) >= 11 is 0. The van der Waals surface area contributed by atoms with Gasteiger partial charge in [0.15, 0.2) is 5.82 Å². The minimum absolute atomic E-state index is 0.427. The van der Waals surface area contributed by atoms with Gasteiger partial charge in [0.25, 0.3) is 0 Å². The molecule has 118 valence electrons. The van der Waals surface area contributed by atoms with Gasteiger partial charge in [-0.25, -0.2) is 15.0 Å². The van der Waals surface area contributed by atoms with Gasteiger partial charge < -0.3 is 20.2 Å². The van der Waals surface area contributed by atoms with Gasteiger partial charge in [-0.15, -0.1) is 0 Å². The van der Waals surface area contributed by atoms with Crippen molar-refractivity contribution in [3.8, 4) is 0 Å². The van der Waals surface area contributed by atoms with E-state index in [1.54, 1.807) is 0 Å². The van der Waals surface area contributed by atoms with Crippen molar-refractivity contribution in [1.29, 1.82) is 0 Å². The van der Waals surface area contributed by atoms with Crippen LogP contribution in [0.1, 0.15) is 26.1 Å². The van der Waals surface area contributed by atoms with E-state index in [4.69, 9.17) is 9.47 Å². The van der Waals surface area contributed by atoms with Crippen LogP contribution in [0.3, 0.4) is 0 Å². The molecule has 1 fully saturated rings. The Morgan fingerprint density at radius 2 is 2.00 bits per heavy atom. The summed E-state index contributed by atoms with van der Waals surface area (Å²) in [7, 11) is 0. The lowest BCUT2D eigenvalue weighted by Crippen LogP contribution is -2.40. The lowest BCUT2D eigenvalue weighted by Gasteiger charge is -2.27. The second-order valence-corrected chi connectivity index (χ2v) is 4.83. The van der Waals surface area contributed by atoms with E-state index < -0.39 is 0 Å². The lowest BCUT2D eigenvalue weighted by atomic mass is 10.4. The Kier molecular flexibility index (Phi) is 6.65. The van der Waals surface area contributed by atoms with E-state index in [9.17, 15) is 0 Å². The molecule has 0 radical (unpaired) electrons. The minimum atomic E-state index is 0.427. The Hall–Kier alpha value is -1.44. The maximum absolute atomic E-state index is 5.41. The standard InChI is InChI=1S/C14H25N5O2/c1-3-5-15-12-10-13(17-14(16-12)11-20-4-2)18-19-6-8-21-9-7-19/h10H,3-9,11H2,1-2H3,(H2,15,16,17,18). The average molecular weight is 295 g/mol. The van der Waals surface area contributed by atoms with Crippen LogP contribution in [0.2, 0.25) is 0 Å². The number of aromatic nitrogens is 2. The van der Waals surface area contributed by atoms with Gasteiger partial charge in [0, 0.05) is 32.3 Å². The molecule has 0 saturated carbocycles. The van der Waals surface area contributed by atoms with Crippen LogP contribution in [0.15, 0.2) is 6.07 Å². The van der Waals surface area contributed by atoms with Crippen LogP contribution >= 0.6 is 0 Å². The van der Waals surface area contributed by atoms with Gasteiger partial charge >= 0.3 is 0 Å². The number of morpholine rings is 1. The first-order chi connectivity index (χ1) is 10.3. The SMILES string of the molecule is CCCNc1cc(NN2CCOCC2)nc(COCC)n1. The molecule has 1 saturated heterocycles. The third-order valence-electron chi connectivity index (χ3n) is 3.05. The molecule has 0 aliphatic carbocycles. The molecule has 0 atom stereocenters. The first-order valence-electron chi connectivity index (χ1n) is 7.60. The number of hydrogen-bond acceptors (Lipinski definition) is 7. The Morgan fingerprint density at radius 1 is 1.24 bits per heavy atom. The van der Waals surface area contributed by atoms with E-state index in [1.165, 1.54) is 0 Å². The fraction of sp³-hybridized carbons (Fsp3) is 0.714. The molecule has 1 aliphatic heterocycles. The summed E-state index contributed by atoms with van der Waals surface area (Å²) in [5.41, 5.74) is 3.32. The van der Waals surface area contributed by atoms with Gasteiger partial charge in [-0.05, 0) is 13.3 Å². The van der Waals surface area contributed by atoms with Gasteiger partial charge in [0.05, 0.1) is 13.2 Å². The van der Waals surface area contributed by atoms with Crippen molar-refractivity contribution in [1.82, 2.24) is 15.0 Å². The number of hydrogen-bond donors (Lipinski definition) is 2. The maximum atomic E-state index is 5.41. The zero-order chi connectivity index (χ0) is 14.9. The van der Waals surface area contributed by atoms with E-state index in [2.05, 4.69) is 32.6 Å². The van der Waals surface area contributed by atoms with Crippen molar-refractivity contribution >= 4 is 11.6 Å². The molecule has 1 aliphatic rings. The van der Waals surface area contributed by atoms with Gasteiger partial charge in [-0.1, -0.05) is 6.92 Å². The highest BCUT2D eigenvalue weighted by Gasteiger charge is 2.12. The zero-order valence-electron chi connectivity index (χ0n) is 12.9. The third kappa shape index (κ3) is 5.45. The molecule has 7 heteroatoms. The molecule has 1 aromatic heterocycles. The first kappa shape index (κ1) is 15.9. The van der Waals surface area contributed by atoms with Crippen molar-refractivity contribution in [2.75, 3.05) is 50.2 Å². The summed E-state index contributed by atoms with van der Waals surface area (Å²) in [5.74, 6) is 2.31. The van der Waals surface area contributed by atoms with Crippen molar-refractivity contribution in [2.24, 2.45) is 0 Å². The van der Waals surface area contributed by atoms with E-state index in [0.29, 0.717) is 19.0 Å². The summed E-state index contributed by atoms with van der Waals surface area (Å²) in [6.07, 6.45) is 1.05. The van der Waals surface area contributed by atoms with Crippen LogP contribution in [0, 0.1) is 0 Å². The van der Waals surface area contributed by atoms with Crippen molar-refractivity contribution in [3.63, 3.8) is 0 Å². The van der Waals surface area contributed by atoms with Crippen LogP contribution in [-0.2, 0) is 16.1 Å². The molecular formula is C14H25N5O2. The Bertz CT molecular complexity index is 398. The zero-order valence-corrected chi connectivity index (χ0v) is 12.9. The van der Waals surface area contributed by atoms with Crippen LogP contribution in [0.5, 0.6) is 0 Å². The average Bonchev–Trinajstić information content (AvgIpc) is 2.52. The largest absolute Gasteiger partial charge is 0.379 e. The lowest BCUT2D eigenvalue weighted by molar-refractivity contribution is 0.0494. The smallest absolute Gasteiger partial charge is 0.158 e. The summed E-state index contributed by atoms with van der Waals surface area (Å²) in [5, 5.41) is 5.41. The van der Waals surface area contributed by atoms with E-state index in [1.807, 2.05) is 13.0 Å². The molecule has 1 aromatic rings. The minimum Gasteiger partial charge on any atom is -0.379 e. The summed E-state index contributed by atoms with van der Waals surface area (Å²) in [4.78, 5) is 8.97. The summed E-state index contributed by atoms with van der Waals surface area (Å²) in [6, 6.07) is 1.93. The highest BCUT2D eigenvalue weighted by Crippen LogP contribution is 2.13. The van der Waals surface area contributed by atoms with Crippen molar-refractivity contribution in [2.45, 2.75) is 26.9 Å². The number of ether oxygens (including phenoxy) is 2. The van der Waals surface area contributed by atoms with Gasteiger partial charge in [0.1, 0.15) is 18.2 Å². The number of rotatable bonds is 8. The molecule has 7 nitrogen and oxygen atoms in total. The maximum Gasteiger partial charge on any atom is 0.158 e. The Morgan fingerprint density at radius 3 is 2.71 bits per heavy atom. The Balaban J connectivity index is 2.05. The molecule has 2 heterocycles. The Labute approximate surface area is 126 Å². The van der Waals surface area contributed by atoms with E-state index in [0.717, 1.165) is 50.9 Å². The predicted octanol–water partition coefficient (Wildman–Crippen LogP) is 1.49. The molecule has 2 N–H and O–H groups in total. The van der Waals surface area contributed by atoms with Crippen LogP contribution in [0.4, 0.5) is 11.6 Å². The normalized spacial score (nSPS) is 15.9. The third-order valence-corrected chi connectivity index (χ3v) is 3.05. The summed E-state index contributed by atoms with van der Waals surface area (Å²) < 4.78 is 10.8. The molecule has 0 spiro atoms. The quantitative estimate of drug-likeness (QED) is 0.753. The van der Waals surface area contributed by atoms with Crippen LogP contribution in [-0.4, -0.2) is 54.4 Å². The van der Waals surface area contributed by atoms with E-state index >= 15 is 0 Å². The van der Waals surface area contributed by atoms with Crippen molar-refractivity contribution < 1.29 is 9.47 Å². The van der Waals surface area contributed by atoms with Gasteiger partial charge in [0.2, 0.25) is 0 Å².